The van der Waals surface area contributed by atoms with Crippen LogP contribution in [0.25, 0.3) is 20.8 Å². The molecule has 0 aliphatic heterocycles. The third-order valence-corrected chi connectivity index (χ3v) is 4.27. The second-order valence-electron chi connectivity index (χ2n) is 6.05. The van der Waals surface area contributed by atoms with Crippen LogP contribution in [0.5, 0.6) is 5.75 Å². The predicted octanol–water partition coefficient (Wildman–Crippen LogP) is 6.56. The van der Waals surface area contributed by atoms with Crippen molar-refractivity contribution in [3.63, 3.8) is 0 Å². The van der Waals surface area contributed by atoms with Crippen molar-refractivity contribution in [1.29, 1.82) is 0 Å². The fourth-order valence-corrected chi connectivity index (χ4v) is 2.96. The SMILES string of the molecule is [C-]#[N+]c1c(CCCCCC)ccc(-c2ccccc2OCOC)c1[N+]#[C-]. The van der Waals surface area contributed by atoms with Crippen LogP contribution in [-0.4, -0.2) is 13.9 Å². The summed E-state index contributed by atoms with van der Waals surface area (Å²) in [6.07, 6.45) is 5.41. The third-order valence-electron chi connectivity index (χ3n) is 4.27. The van der Waals surface area contributed by atoms with E-state index in [-0.39, 0.29) is 6.79 Å². The molecule has 0 N–H and O–H groups in total. The molecule has 0 aliphatic carbocycles. The van der Waals surface area contributed by atoms with Gasteiger partial charge in [-0.2, -0.15) is 0 Å². The fourth-order valence-electron chi connectivity index (χ4n) is 2.96. The Kier molecular flexibility index (Phi) is 7.68. The van der Waals surface area contributed by atoms with Crippen molar-refractivity contribution in [2.24, 2.45) is 0 Å². The molecule has 26 heavy (non-hydrogen) atoms. The fraction of sp³-hybridized carbons (Fsp3) is 0.364. The Morgan fingerprint density at radius 1 is 0.885 bits per heavy atom. The minimum atomic E-state index is 0.134. The summed E-state index contributed by atoms with van der Waals surface area (Å²) >= 11 is 0. The molecule has 0 saturated heterocycles. The number of aryl methyl sites for hydroxylation is 1. The van der Waals surface area contributed by atoms with Gasteiger partial charge in [-0.25, -0.2) is 9.69 Å². The Balaban J connectivity index is 2.43. The van der Waals surface area contributed by atoms with E-state index in [1.165, 1.54) is 12.8 Å². The van der Waals surface area contributed by atoms with Gasteiger partial charge >= 0.3 is 0 Å². The molecule has 4 heteroatoms. The molecule has 0 aromatic heterocycles. The first kappa shape index (κ1) is 19.5. The monoisotopic (exact) mass is 348 g/mol. The number of nitrogens with zero attached hydrogens (tertiary/aromatic N) is 2. The molecule has 0 fully saturated rings. The highest BCUT2D eigenvalue weighted by molar-refractivity contribution is 5.91. The molecular formula is C22H24N2O2. The zero-order chi connectivity index (χ0) is 18.8. The van der Waals surface area contributed by atoms with E-state index in [1.807, 2.05) is 36.4 Å². The zero-order valence-electron chi connectivity index (χ0n) is 15.4. The number of benzene rings is 2. The normalized spacial score (nSPS) is 10.2. The summed E-state index contributed by atoms with van der Waals surface area (Å²) < 4.78 is 10.6. The molecule has 2 aromatic carbocycles. The number of unbranched alkanes of at least 4 members (excludes halogenated alkanes) is 3. The van der Waals surface area contributed by atoms with Gasteiger partial charge in [0.1, 0.15) is 5.75 Å². The van der Waals surface area contributed by atoms with Crippen LogP contribution in [0.2, 0.25) is 0 Å². The Morgan fingerprint density at radius 3 is 2.35 bits per heavy atom. The van der Waals surface area contributed by atoms with Crippen LogP contribution in [-0.2, 0) is 11.2 Å². The van der Waals surface area contributed by atoms with E-state index in [4.69, 9.17) is 22.6 Å². The van der Waals surface area contributed by atoms with Crippen LogP contribution in [0.3, 0.4) is 0 Å². The second kappa shape index (κ2) is 10.2. The van der Waals surface area contributed by atoms with Crippen molar-refractivity contribution in [3.8, 4) is 16.9 Å². The van der Waals surface area contributed by atoms with E-state index >= 15 is 0 Å². The summed E-state index contributed by atoms with van der Waals surface area (Å²) in [6.45, 7) is 17.6. The molecule has 0 bridgehead atoms. The molecule has 4 nitrogen and oxygen atoms in total. The highest BCUT2D eigenvalue weighted by Gasteiger charge is 2.17. The Hall–Kier alpha value is -2.82. The topological polar surface area (TPSA) is 27.2 Å². The molecule has 0 amide bonds. The minimum absolute atomic E-state index is 0.134. The van der Waals surface area contributed by atoms with Gasteiger partial charge in [0.05, 0.1) is 13.1 Å². The van der Waals surface area contributed by atoms with Crippen LogP contribution < -0.4 is 4.74 Å². The maximum Gasteiger partial charge on any atom is 0.202 e. The molecule has 0 heterocycles. The predicted molar refractivity (Wildman–Crippen MR) is 105 cm³/mol. The average molecular weight is 348 g/mol. The first-order chi connectivity index (χ1) is 12.8. The zero-order valence-corrected chi connectivity index (χ0v) is 15.4. The first-order valence-corrected chi connectivity index (χ1v) is 8.88. The number of rotatable bonds is 9. The van der Waals surface area contributed by atoms with Crippen molar-refractivity contribution in [1.82, 2.24) is 0 Å². The second-order valence-corrected chi connectivity index (χ2v) is 6.05. The summed E-state index contributed by atoms with van der Waals surface area (Å²) in [5.74, 6) is 0.644. The van der Waals surface area contributed by atoms with E-state index in [2.05, 4.69) is 16.6 Å². The summed E-state index contributed by atoms with van der Waals surface area (Å²) in [5.41, 5.74) is 3.37. The lowest BCUT2D eigenvalue weighted by Gasteiger charge is -2.14. The van der Waals surface area contributed by atoms with E-state index in [1.54, 1.807) is 7.11 Å². The van der Waals surface area contributed by atoms with Crippen molar-refractivity contribution in [2.45, 2.75) is 39.0 Å². The number of hydrogen-bond acceptors (Lipinski definition) is 2. The number of ether oxygens (including phenoxy) is 2. The van der Waals surface area contributed by atoms with Crippen LogP contribution >= 0.6 is 0 Å². The van der Waals surface area contributed by atoms with E-state index in [9.17, 15) is 0 Å². The Bertz CT molecular complexity index is 816. The van der Waals surface area contributed by atoms with Gasteiger partial charge in [0, 0.05) is 12.7 Å². The number of hydrogen-bond donors (Lipinski definition) is 0. The molecular weight excluding hydrogens is 324 g/mol. The quantitative estimate of drug-likeness (QED) is 0.291. The minimum Gasteiger partial charge on any atom is -0.467 e. The molecule has 0 unspecified atom stereocenters. The van der Waals surface area contributed by atoms with Crippen molar-refractivity contribution < 1.29 is 9.47 Å². The van der Waals surface area contributed by atoms with Gasteiger partial charge in [0.25, 0.3) is 0 Å². The van der Waals surface area contributed by atoms with Gasteiger partial charge in [0.15, 0.2) is 12.5 Å². The average Bonchev–Trinajstić information content (AvgIpc) is 2.69. The van der Waals surface area contributed by atoms with Crippen molar-refractivity contribution >= 4 is 11.4 Å². The number of para-hydroxylation sites is 1. The Labute approximate surface area is 156 Å². The molecule has 0 atom stereocenters. The van der Waals surface area contributed by atoms with E-state index < -0.39 is 0 Å². The van der Waals surface area contributed by atoms with Gasteiger partial charge < -0.3 is 9.47 Å². The summed E-state index contributed by atoms with van der Waals surface area (Å²) in [7, 11) is 1.57. The van der Waals surface area contributed by atoms with Crippen LogP contribution in [0, 0.1) is 13.1 Å². The molecule has 0 radical (unpaired) electrons. The third kappa shape index (κ3) is 4.63. The molecule has 2 aromatic rings. The van der Waals surface area contributed by atoms with Crippen LogP contribution in [0.15, 0.2) is 36.4 Å². The van der Waals surface area contributed by atoms with Gasteiger partial charge in [-0.1, -0.05) is 68.5 Å². The first-order valence-electron chi connectivity index (χ1n) is 8.88. The van der Waals surface area contributed by atoms with Gasteiger partial charge in [-0.15, -0.1) is 0 Å². The van der Waals surface area contributed by atoms with E-state index in [0.717, 1.165) is 36.0 Å². The van der Waals surface area contributed by atoms with Crippen molar-refractivity contribution in [3.05, 3.63) is 64.8 Å². The summed E-state index contributed by atoms with van der Waals surface area (Å²) in [4.78, 5) is 7.38. The number of methoxy groups -OCH3 is 1. The highest BCUT2D eigenvalue weighted by Crippen LogP contribution is 2.44. The van der Waals surface area contributed by atoms with Gasteiger partial charge in [-0.3, -0.25) is 0 Å². The maximum atomic E-state index is 7.64. The van der Waals surface area contributed by atoms with Crippen LogP contribution in [0.1, 0.15) is 38.2 Å². The molecule has 0 spiro atoms. The largest absolute Gasteiger partial charge is 0.467 e. The Morgan fingerprint density at radius 2 is 1.65 bits per heavy atom. The maximum absolute atomic E-state index is 7.64. The van der Waals surface area contributed by atoms with Crippen molar-refractivity contribution in [2.75, 3.05) is 13.9 Å². The lowest BCUT2D eigenvalue weighted by atomic mass is 9.96. The van der Waals surface area contributed by atoms with E-state index in [0.29, 0.717) is 17.1 Å². The molecule has 0 saturated carbocycles. The standard InChI is InChI=1S/C22H24N2O2/c1-5-6-7-8-11-17-14-15-19(22(24-3)21(17)23-2)18-12-9-10-13-20(18)26-16-25-4/h9-10,12-15H,5-8,11,16H2,1,4H3. The smallest absolute Gasteiger partial charge is 0.202 e. The van der Waals surface area contributed by atoms with Gasteiger partial charge in [0.2, 0.25) is 5.69 Å². The highest BCUT2D eigenvalue weighted by atomic mass is 16.7. The van der Waals surface area contributed by atoms with Crippen LogP contribution in [0.4, 0.5) is 11.4 Å². The molecule has 2 rings (SSSR count). The summed E-state index contributed by atoms with van der Waals surface area (Å²) in [6, 6.07) is 11.5. The lowest BCUT2D eigenvalue weighted by Crippen LogP contribution is -2.00. The molecule has 0 aliphatic rings. The van der Waals surface area contributed by atoms with Gasteiger partial charge in [-0.05, 0) is 18.1 Å². The molecule has 134 valence electrons. The lowest BCUT2D eigenvalue weighted by molar-refractivity contribution is 0.0515. The summed E-state index contributed by atoms with van der Waals surface area (Å²) in [5, 5.41) is 0.